The van der Waals surface area contributed by atoms with Crippen molar-refractivity contribution in [1.29, 1.82) is 0 Å². The molecule has 0 saturated carbocycles. The lowest BCUT2D eigenvalue weighted by Gasteiger charge is -2.29. The molecule has 1 fully saturated rings. The number of likely N-dealkylation sites (tertiary alicyclic amines) is 1. The van der Waals surface area contributed by atoms with Crippen LogP contribution < -0.4 is 15.5 Å². The highest BCUT2D eigenvalue weighted by Gasteiger charge is 2.23. The van der Waals surface area contributed by atoms with E-state index in [2.05, 4.69) is 34.9 Å². The lowest BCUT2D eigenvalue weighted by Crippen LogP contribution is -3.12. The monoisotopic (exact) mass is 369 g/mol. The maximum absolute atomic E-state index is 12.2. The fraction of sp³-hybridized carbons (Fsp3) is 0.350. The van der Waals surface area contributed by atoms with Crippen LogP contribution in [0.5, 0.6) is 0 Å². The highest BCUT2D eigenvalue weighted by Crippen LogP contribution is 2.16. The standard InChI is InChI=1S/C20H24N4O3/c25-20(14-21-18-7-4-8-19(13-18)24(26)27)22-17-9-11-23(12-10-17)15-16-5-2-1-3-6-16/h1-8,13,17,21H,9-12,14-15H2,(H,22,25)/p+1. The Balaban J connectivity index is 1.39. The van der Waals surface area contributed by atoms with Gasteiger partial charge < -0.3 is 15.5 Å². The largest absolute Gasteiger partial charge is 0.376 e. The second-order valence-electron chi connectivity index (χ2n) is 6.92. The van der Waals surface area contributed by atoms with Crippen LogP contribution in [0.25, 0.3) is 0 Å². The zero-order valence-corrected chi connectivity index (χ0v) is 15.2. The molecule has 2 aromatic rings. The predicted octanol–water partition coefficient (Wildman–Crippen LogP) is 1.37. The van der Waals surface area contributed by atoms with Crippen LogP contribution in [0.2, 0.25) is 0 Å². The van der Waals surface area contributed by atoms with Gasteiger partial charge in [0.25, 0.3) is 5.69 Å². The fourth-order valence-electron chi connectivity index (χ4n) is 3.42. The predicted molar refractivity (Wildman–Crippen MR) is 104 cm³/mol. The van der Waals surface area contributed by atoms with E-state index in [4.69, 9.17) is 0 Å². The maximum atomic E-state index is 12.2. The maximum Gasteiger partial charge on any atom is 0.271 e. The number of benzene rings is 2. The minimum Gasteiger partial charge on any atom is -0.376 e. The van der Waals surface area contributed by atoms with Crippen LogP contribution in [-0.2, 0) is 11.3 Å². The van der Waals surface area contributed by atoms with Crippen molar-refractivity contribution in [3.8, 4) is 0 Å². The minimum atomic E-state index is -0.448. The van der Waals surface area contributed by atoms with Gasteiger partial charge in [0.15, 0.2) is 0 Å². The first kappa shape index (κ1) is 18.8. The molecule has 1 saturated heterocycles. The van der Waals surface area contributed by atoms with Crippen LogP contribution in [0, 0.1) is 10.1 Å². The lowest BCUT2D eigenvalue weighted by molar-refractivity contribution is -0.918. The molecule has 1 amide bonds. The van der Waals surface area contributed by atoms with Crippen molar-refractivity contribution in [1.82, 2.24) is 5.32 Å². The van der Waals surface area contributed by atoms with Gasteiger partial charge in [0.05, 0.1) is 24.6 Å². The van der Waals surface area contributed by atoms with Crippen LogP contribution in [0.1, 0.15) is 18.4 Å². The van der Waals surface area contributed by atoms with E-state index in [1.54, 1.807) is 17.0 Å². The number of piperidine rings is 1. The van der Waals surface area contributed by atoms with Crippen LogP contribution in [0.4, 0.5) is 11.4 Å². The third-order valence-corrected chi connectivity index (χ3v) is 4.86. The molecule has 2 aromatic carbocycles. The number of hydrogen-bond donors (Lipinski definition) is 3. The Morgan fingerprint density at radius 3 is 2.56 bits per heavy atom. The van der Waals surface area contributed by atoms with Gasteiger partial charge in [0, 0.05) is 42.3 Å². The lowest BCUT2D eigenvalue weighted by atomic mass is 10.0. The Bertz CT molecular complexity index is 774. The van der Waals surface area contributed by atoms with Gasteiger partial charge in [-0.25, -0.2) is 0 Å². The van der Waals surface area contributed by atoms with Crippen LogP contribution in [0.3, 0.4) is 0 Å². The summed E-state index contributed by atoms with van der Waals surface area (Å²) in [7, 11) is 0. The van der Waals surface area contributed by atoms with Gasteiger partial charge in [-0.2, -0.15) is 0 Å². The first-order valence-electron chi connectivity index (χ1n) is 9.25. The van der Waals surface area contributed by atoms with E-state index in [-0.39, 0.29) is 24.2 Å². The van der Waals surface area contributed by atoms with E-state index < -0.39 is 4.92 Å². The number of quaternary nitrogens is 1. The molecule has 1 heterocycles. The van der Waals surface area contributed by atoms with Crippen LogP contribution >= 0.6 is 0 Å². The Morgan fingerprint density at radius 2 is 1.85 bits per heavy atom. The number of rotatable bonds is 7. The molecule has 0 atom stereocenters. The summed E-state index contributed by atoms with van der Waals surface area (Å²) in [6.07, 6.45) is 1.93. The summed E-state index contributed by atoms with van der Waals surface area (Å²) in [4.78, 5) is 24.0. The number of nitro groups is 1. The second kappa shape index (κ2) is 9.14. The third kappa shape index (κ3) is 5.79. The zero-order valence-electron chi connectivity index (χ0n) is 15.2. The molecule has 0 aliphatic carbocycles. The summed E-state index contributed by atoms with van der Waals surface area (Å²) in [6, 6.07) is 16.8. The molecule has 1 aliphatic rings. The molecule has 7 nitrogen and oxygen atoms in total. The molecule has 3 rings (SSSR count). The Morgan fingerprint density at radius 1 is 1.11 bits per heavy atom. The van der Waals surface area contributed by atoms with Gasteiger partial charge in [-0.3, -0.25) is 14.9 Å². The topological polar surface area (TPSA) is 88.7 Å². The molecule has 0 bridgehead atoms. The van der Waals surface area contributed by atoms with Crippen molar-refractivity contribution < 1.29 is 14.6 Å². The molecule has 27 heavy (non-hydrogen) atoms. The van der Waals surface area contributed by atoms with E-state index in [0.717, 1.165) is 32.5 Å². The van der Waals surface area contributed by atoms with Gasteiger partial charge in [0.1, 0.15) is 6.54 Å². The van der Waals surface area contributed by atoms with E-state index >= 15 is 0 Å². The van der Waals surface area contributed by atoms with E-state index in [1.807, 2.05) is 6.07 Å². The Hall–Kier alpha value is -2.93. The number of nitrogens with zero attached hydrogens (tertiary/aromatic N) is 1. The molecular formula is C20H25N4O3+. The van der Waals surface area contributed by atoms with Crippen molar-refractivity contribution >= 4 is 17.3 Å². The highest BCUT2D eigenvalue weighted by molar-refractivity contribution is 5.81. The summed E-state index contributed by atoms with van der Waals surface area (Å²) < 4.78 is 0. The first-order valence-corrected chi connectivity index (χ1v) is 9.25. The first-order chi connectivity index (χ1) is 13.1. The minimum absolute atomic E-state index is 0.00849. The number of carbonyl (C=O) groups is 1. The normalized spacial score (nSPS) is 19.3. The highest BCUT2D eigenvalue weighted by atomic mass is 16.6. The van der Waals surface area contributed by atoms with Crippen molar-refractivity contribution in [3.63, 3.8) is 0 Å². The van der Waals surface area contributed by atoms with E-state index in [1.165, 1.54) is 17.7 Å². The molecular weight excluding hydrogens is 344 g/mol. The number of non-ortho nitro benzene ring substituents is 1. The van der Waals surface area contributed by atoms with E-state index in [9.17, 15) is 14.9 Å². The van der Waals surface area contributed by atoms with Gasteiger partial charge >= 0.3 is 0 Å². The molecule has 0 spiro atoms. The zero-order chi connectivity index (χ0) is 19.1. The number of nitro benzene ring substituents is 1. The summed E-state index contributed by atoms with van der Waals surface area (Å²) in [6.45, 7) is 3.21. The average molecular weight is 369 g/mol. The molecule has 1 aliphatic heterocycles. The molecule has 3 N–H and O–H groups in total. The van der Waals surface area contributed by atoms with Crippen molar-refractivity contribution in [2.24, 2.45) is 0 Å². The fourth-order valence-corrected chi connectivity index (χ4v) is 3.42. The van der Waals surface area contributed by atoms with E-state index in [0.29, 0.717) is 5.69 Å². The van der Waals surface area contributed by atoms with Crippen molar-refractivity contribution in [2.75, 3.05) is 25.0 Å². The number of nitrogens with one attached hydrogen (secondary N) is 3. The Kier molecular flexibility index (Phi) is 6.38. The van der Waals surface area contributed by atoms with Crippen molar-refractivity contribution in [2.45, 2.75) is 25.4 Å². The number of amides is 1. The molecule has 142 valence electrons. The third-order valence-electron chi connectivity index (χ3n) is 4.86. The summed E-state index contributed by atoms with van der Waals surface area (Å²) in [5.74, 6) is -0.0852. The van der Waals surface area contributed by atoms with Crippen LogP contribution in [-0.4, -0.2) is 36.5 Å². The summed E-state index contributed by atoms with van der Waals surface area (Å²) >= 11 is 0. The molecule has 0 aromatic heterocycles. The van der Waals surface area contributed by atoms with Crippen LogP contribution in [0.15, 0.2) is 54.6 Å². The second-order valence-corrected chi connectivity index (χ2v) is 6.92. The molecule has 0 unspecified atom stereocenters. The average Bonchev–Trinajstić information content (AvgIpc) is 2.69. The summed E-state index contributed by atoms with van der Waals surface area (Å²) in [5.41, 5.74) is 1.92. The molecule has 7 heteroatoms. The molecule has 0 radical (unpaired) electrons. The number of carbonyl (C=O) groups excluding carboxylic acids is 1. The summed E-state index contributed by atoms with van der Waals surface area (Å²) in [5, 5.41) is 16.8. The number of hydrogen-bond acceptors (Lipinski definition) is 4. The Labute approximate surface area is 158 Å². The van der Waals surface area contributed by atoms with Gasteiger partial charge in [-0.05, 0) is 6.07 Å². The van der Waals surface area contributed by atoms with Crippen molar-refractivity contribution in [3.05, 3.63) is 70.3 Å². The smallest absolute Gasteiger partial charge is 0.271 e. The van der Waals surface area contributed by atoms with Gasteiger partial charge in [-0.15, -0.1) is 0 Å². The van der Waals surface area contributed by atoms with Gasteiger partial charge in [-0.1, -0.05) is 36.4 Å². The SMILES string of the molecule is O=C(CNc1cccc([N+](=O)[O-])c1)NC1CC[NH+](Cc2ccccc2)CC1. The number of anilines is 1. The van der Waals surface area contributed by atoms with Gasteiger partial charge in [0.2, 0.25) is 5.91 Å². The quantitative estimate of drug-likeness (QED) is 0.508.